The first-order valence-corrected chi connectivity index (χ1v) is 11.6. The molecule has 32 heavy (non-hydrogen) atoms. The molecule has 10 heteroatoms. The van der Waals surface area contributed by atoms with Crippen LogP contribution in [0.1, 0.15) is 29.7 Å². The molecule has 1 fully saturated rings. The second-order valence-electron chi connectivity index (χ2n) is 7.59. The fourth-order valence-corrected chi connectivity index (χ4v) is 4.69. The van der Waals surface area contributed by atoms with E-state index in [1.54, 1.807) is 23.0 Å². The summed E-state index contributed by atoms with van der Waals surface area (Å²) in [6.45, 7) is 5.22. The van der Waals surface area contributed by atoms with Crippen molar-refractivity contribution in [3.05, 3.63) is 52.4 Å². The van der Waals surface area contributed by atoms with Crippen LogP contribution < -0.4 is 5.32 Å². The molecule has 0 radical (unpaired) electrons. The van der Waals surface area contributed by atoms with E-state index >= 15 is 0 Å². The lowest BCUT2D eigenvalue weighted by Gasteiger charge is -2.16. The number of nitriles is 1. The van der Waals surface area contributed by atoms with Gasteiger partial charge < -0.3 is 14.6 Å². The number of nitrogens with one attached hydrogen (secondary N) is 1. The van der Waals surface area contributed by atoms with Gasteiger partial charge >= 0.3 is 0 Å². The molecular weight excluding hydrogens is 448 g/mol. The van der Waals surface area contributed by atoms with Gasteiger partial charge in [0, 0.05) is 17.3 Å². The molecule has 1 aromatic carbocycles. The Morgan fingerprint density at radius 3 is 3.00 bits per heavy atom. The summed E-state index contributed by atoms with van der Waals surface area (Å²) in [5, 5.41) is 21.9. The van der Waals surface area contributed by atoms with Crippen LogP contribution >= 0.6 is 23.4 Å². The summed E-state index contributed by atoms with van der Waals surface area (Å²) in [6, 6.07) is 9.57. The van der Waals surface area contributed by atoms with Gasteiger partial charge in [0.05, 0.1) is 29.7 Å². The number of carbonyl (C=O) groups is 1. The molecule has 3 heterocycles. The number of hydrogen-bond acceptors (Lipinski definition) is 6. The van der Waals surface area contributed by atoms with Crippen molar-refractivity contribution in [3.8, 4) is 11.8 Å². The summed E-state index contributed by atoms with van der Waals surface area (Å²) in [5.74, 6) is 0.422. The van der Waals surface area contributed by atoms with Crippen molar-refractivity contribution >= 4 is 35.1 Å². The van der Waals surface area contributed by atoms with Gasteiger partial charge in [-0.15, -0.1) is 10.2 Å². The number of thioether (sulfide) groups is 1. The average Bonchev–Trinajstić information content (AvgIpc) is 3.51. The highest BCUT2D eigenvalue weighted by Crippen LogP contribution is 2.29. The third kappa shape index (κ3) is 4.67. The molecule has 1 atom stereocenters. The van der Waals surface area contributed by atoms with Crippen molar-refractivity contribution in [1.82, 2.24) is 19.3 Å². The topological polar surface area (TPSA) is 97.8 Å². The van der Waals surface area contributed by atoms with E-state index in [0.717, 1.165) is 36.4 Å². The predicted octanol–water partition coefficient (Wildman–Crippen LogP) is 4.12. The molecule has 3 aromatic rings. The molecule has 1 aliphatic heterocycles. The molecule has 166 valence electrons. The Bertz CT molecular complexity index is 1180. The van der Waals surface area contributed by atoms with Gasteiger partial charge in [-0.25, -0.2) is 0 Å². The monoisotopic (exact) mass is 470 g/mol. The summed E-state index contributed by atoms with van der Waals surface area (Å²) < 4.78 is 9.53. The number of halogens is 1. The standard InChI is InChI=1S/C22H23ClN6O2S/c1-14-15(2)28(11-18-7-4-8-31-18)21(19(14)10-24)26-20(30)12-32-22-27-25-13-29(22)17-6-3-5-16(23)9-17/h3,5-6,9,13,18H,4,7-8,11-12H2,1-2H3,(H,26,30). The van der Waals surface area contributed by atoms with E-state index in [2.05, 4.69) is 21.6 Å². The molecule has 1 aliphatic rings. The summed E-state index contributed by atoms with van der Waals surface area (Å²) in [5.41, 5.74) is 3.13. The molecular formula is C22H23ClN6O2S. The number of anilines is 1. The van der Waals surface area contributed by atoms with Crippen LogP contribution in [0.2, 0.25) is 5.02 Å². The fourth-order valence-electron chi connectivity index (χ4n) is 3.77. The first kappa shape index (κ1) is 22.4. The molecule has 0 saturated carbocycles. The van der Waals surface area contributed by atoms with Crippen LogP contribution in [0.5, 0.6) is 0 Å². The Morgan fingerprint density at radius 1 is 1.44 bits per heavy atom. The Hall–Kier alpha value is -2.80. The van der Waals surface area contributed by atoms with Crippen molar-refractivity contribution in [2.45, 2.75) is 44.5 Å². The predicted molar refractivity (Wildman–Crippen MR) is 123 cm³/mol. The lowest BCUT2D eigenvalue weighted by Crippen LogP contribution is -2.22. The third-order valence-electron chi connectivity index (χ3n) is 5.54. The number of ether oxygens (including phenoxy) is 1. The van der Waals surface area contributed by atoms with Gasteiger partial charge in [-0.1, -0.05) is 29.4 Å². The van der Waals surface area contributed by atoms with Crippen LogP contribution in [0, 0.1) is 25.2 Å². The summed E-state index contributed by atoms with van der Waals surface area (Å²) in [6.07, 6.45) is 3.68. The highest BCUT2D eigenvalue weighted by atomic mass is 35.5. The normalized spacial score (nSPS) is 15.6. The SMILES string of the molecule is Cc1c(C#N)c(NC(=O)CSc2nncn2-c2cccc(Cl)c2)n(CC2CCCO2)c1C. The maximum Gasteiger partial charge on any atom is 0.235 e. The Kier molecular flexibility index (Phi) is 6.84. The van der Waals surface area contributed by atoms with Crippen LogP contribution in [-0.4, -0.2) is 43.7 Å². The highest BCUT2D eigenvalue weighted by molar-refractivity contribution is 7.99. The maximum absolute atomic E-state index is 12.8. The van der Waals surface area contributed by atoms with Gasteiger partial charge in [0.25, 0.3) is 0 Å². The van der Waals surface area contributed by atoms with Crippen molar-refractivity contribution < 1.29 is 9.53 Å². The quantitative estimate of drug-likeness (QED) is 0.521. The number of rotatable bonds is 7. The molecule has 1 amide bonds. The van der Waals surface area contributed by atoms with Gasteiger partial charge in [0.15, 0.2) is 5.16 Å². The first-order valence-electron chi connectivity index (χ1n) is 10.3. The van der Waals surface area contributed by atoms with Crippen LogP contribution in [0.3, 0.4) is 0 Å². The Balaban J connectivity index is 1.49. The van der Waals surface area contributed by atoms with E-state index in [-0.39, 0.29) is 17.8 Å². The highest BCUT2D eigenvalue weighted by Gasteiger charge is 2.24. The molecule has 1 unspecified atom stereocenters. The summed E-state index contributed by atoms with van der Waals surface area (Å²) in [7, 11) is 0. The third-order valence-corrected chi connectivity index (χ3v) is 6.72. The van der Waals surface area contributed by atoms with E-state index in [9.17, 15) is 10.1 Å². The van der Waals surface area contributed by atoms with Gasteiger partial charge in [0.1, 0.15) is 18.2 Å². The van der Waals surface area contributed by atoms with Crippen LogP contribution in [-0.2, 0) is 16.1 Å². The van der Waals surface area contributed by atoms with Crippen molar-refractivity contribution in [2.75, 3.05) is 17.7 Å². The van der Waals surface area contributed by atoms with Crippen molar-refractivity contribution in [1.29, 1.82) is 5.26 Å². The fraction of sp³-hybridized carbons (Fsp3) is 0.364. The zero-order chi connectivity index (χ0) is 22.7. The van der Waals surface area contributed by atoms with E-state index < -0.39 is 0 Å². The second kappa shape index (κ2) is 9.77. The van der Waals surface area contributed by atoms with Gasteiger partial charge in [-0.05, 0) is 50.5 Å². The molecule has 0 spiro atoms. The van der Waals surface area contributed by atoms with Gasteiger partial charge in [-0.3, -0.25) is 9.36 Å². The molecule has 1 N–H and O–H groups in total. The number of nitrogens with zero attached hydrogens (tertiary/aromatic N) is 5. The minimum atomic E-state index is -0.224. The smallest absolute Gasteiger partial charge is 0.235 e. The lowest BCUT2D eigenvalue weighted by molar-refractivity contribution is -0.113. The largest absolute Gasteiger partial charge is 0.376 e. The minimum absolute atomic E-state index is 0.0910. The van der Waals surface area contributed by atoms with E-state index in [1.165, 1.54) is 11.8 Å². The molecule has 0 bridgehead atoms. The summed E-state index contributed by atoms with van der Waals surface area (Å²) in [4.78, 5) is 12.8. The minimum Gasteiger partial charge on any atom is -0.376 e. The second-order valence-corrected chi connectivity index (χ2v) is 8.97. The zero-order valence-corrected chi connectivity index (χ0v) is 19.4. The molecule has 1 saturated heterocycles. The average molecular weight is 471 g/mol. The molecule has 2 aromatic heterocycles. The maximum atomic E-state index is 12.8. The van der Waals surface area contributed by atoms with Gasteiger partial charge in [0.2, 0.25) is 5.91 Å². The Labute approximate surface area is 195 Å². The number of aromatic nitrogens is 4. The van der Waals surface area contributed by atoms with E-state index in [4.69, 9.17) is 16.3 Å². The number of hydrogen-bond donors (Lipinski definition) is 1. The first-order chi connectivity index (χ1) is 15.5. The number of benzene rings is 1. The number of amides is 1. The molecule has 8 nitrogen and oxygen atoms in total. The lowest BCUT2D eigenvalue weighted by atomic mass is 10.2. The van der Waals surface area contributed by atoms with Crippen LogP contribution in [0.4, 0.5) is 5.82 Å². The molecule has 4 rings (SSSR count). The molecule has 0 aliphatic carbocycles. The van der Waals surface area contributed by atoms with Crippen molar-refractivity contribution in [2.24, 2.45) is 0 Å². The van der Waals surface area contributed by atoms with Crippen molar-refractivity contribution in [3.63, 3.8) is 0 Å². The van der Waals surface area contributed by atoms with Crippen LogP contribution in [0.15, 0.2) is 35.7 Å². The number of carbonyl (C=O) groups excluding carboxylic acids is 1. The van der Waals surface area contributed by atoms with E-state index in [1.807, 2.05) is 30.5 Å². The van der Waals surface area contributed by atoms with E-state index in [0.29, 0.717) is 28.1 Å². The zero-order valence-electron chi connectivity index (χ0n) is 17.8. The van der Waals surface area contributed by atoms with Gasteiger partial charge in [-0.2, -0.15) is 5.26 Å². The van der Waals surface area contributed by atoms with Crippen LogP contribution in [0.25, 0.3) is 5.69 Å². The Morgan fingerprint density at radius 2 is 2.28 bits per heavy atom. The summed E-state index contributed by atoms with van der Waals surface area (Å²) >= 11 is 7.35.